The second-order valence-corrected chi connectivity index (χ2v) is 37.4. The first kappa shape index (κ1) is 51.8. The summed E-state index contributed by atoms with van der Waals surface area (Å²) >= 11 is 0. The summed E-state index contributed by atoms with van der Waals surface area (Å²) in [6.07, 6.45) is 8.02. The van der Waals surface area contributed by atoms with Crippen molar-refractivity contribution in [1.29, 1.82) is 0 Å². The maximum atomic E-state index is 5.74. The third-order valence-electron chi connectivity index (χ3n) is 11.5. The fourth-order valence-corrected chi connectivity index (χ4v) is 23.7. The van der Waals surface area contributed by atoms with Crippen molar-refractivity contribution in [2.75, 3.05) is 85.3 Å². The van der Waals surface area contributed by atoms with E-state index in [1.54, 1.807) is 85.3 Å². The van der Waals surface area contributed by atoms with Gasteiger partial charge in [0.25, 0.3) is 0 Å². The second kappa shape index (κ2) is 26.6. The van der Waals surface area contributed by atoms with Crippen LogP contribution in [-0.2, 0) is 53.1 Å². The third kappa shape index (κ3) is 18.1. The Bertz CT molecular complexity index is 779. The van der Waals surface area contributed by atoms with Gasteiger partial charge >= 0.3 is 35.2 Å². The summed E-state index contributed by atoms with van der Waals surface area (Å²) in [4.78, 5) is 0. The molecule has 18 heteroatoms. The first-order valence-electron chi connectivity index (χ1n) is 18.8. The summed E-state index contributed by atoms with van der Waals surface area (Å²) in [5, 5.41) is 0. The Hall–Kier alpha value is 0.821. The molecule has 0 amide bonds. The van der Waals surface area contributed by atoms with Crippen LogP contribution in [0.4, 0.5) is 0 Å². The first-order valence-corrected chi connectivity index (χ1v) is 32.7. The monoisotopic (exact) mass is 836 g/mol. The van der Waals surface area contributed by atoms with Crippen LogP contribution in [0.15, 0.2) is 0 Å². The van der Waals surface area contributed by atoms with E-state index < -0.39 is 51.4 Å². The zero-order valence-corrected chi connectivity index (χ0v) is 41.5. The molecule has 1 unspecified atom stereocenters. The van der Waals surface area contributed by atoms with Crippen molar-refractivity contribution in [2.24, 2.45) is 5.92 Å². The lowest BCUT2D eigenvalue weighted by atomic mass is 10.0. The second-order valence-electron chi connectivity index (χ2n) is 14.8. The molecule has 0 aliphatic carbocycles. The molecule has 0 rings (SSSR count). The minimum atomic E-state index is -2.59. The normalized spacial score (nSPS) is 14.4. The van der Waals surface area contributed by atoms with Crippen molar-refractivity contribution in [2.45, 2.75) is 125 Å². The molecule has 0 aliphatic heterocycles. The highest BCUT2D eigenvalue weighted by atomic mass is 28.4. The van der Waals surface area contributed by atoms with Gasteiger partial charge < -0.3 is 53.1 Å². The number of hydrogen-bond donors (Lipinski definition) is 0. The fraction of sp³-hybridized carbons (Fsp3) is 1.00. The van der Waals surface area contributed by atoms with Gasteiger partial charge in [-0.3, -0.25) is 0 Å². The van der Waals surface area contributed by atoms with E-state index in [0.29, 0.717) is 5.92 Å². The topological polar surface area (TPSA) is 111 Å². The molecule has 51 heavy (non-hydrogen) atoms. The third-order valence-corrected chi connectivity index (χ3v) is 32.1. The van der Waals surface area contributed by atoms with Crippen LogP contribution >= 0.6 is 0 Å². The van der Waals surface area contributed by atoms with E-state index in [1.165, 1.54) is 55.5 Å². The Balaban J connectivity index is 5.59. The lowest BCUT2D eigenvalue weighted by Crippen LogP contribution is -2.44. The van der Waals surface area contributed by atoms with Crippen LogP contribution in [0.25, 0.3) is 0 Å². The van der Waals surface area contributed by atoms with Gasteiger partial charge in [0.1, 0.15) is 0 Å². The van der Waals surface area contributed by atoms with Crippen LogP contribution < -0.4 is 0 Å². The van der Waals surface area contributed by atoms with Gasteiger partial charge in [-0.05, 0) is 5.92 Å². The fourth-order valence-electron chi connectivity index (χ4n) is 7.52. The molecule has 0 fully saturated rings. The lowest BCUT2D eigenvalue weighted by Gasteiger charge is -2.33. The molecule has 308 valence electrons. The van der Waals surface area contributed by atoms with Gasteiger partial charge in [-0.1, -0.05) is 101 Å². The highest BCUT2D eigenvalue weighted by Crippen LogP contribution is 2.35. The molecule has 0 heterocycles. The minimum absolute atomic E-state index is 0.678. The maximum Gasteiger partial charge on any atom is 0.500 e. The standard InChI is InChI=1S/C33H80O12Si6/c1-33(22-32-47(15,26-19-30-50(40-8,41-9)42-10)27-20-31-51(43-11,44-12)45-13)21-16-23-46(14,24-17-28-48(34-2,35-3)36-4)25-18-29-49(37-5,38-6)39-7/h33H,16-32H2,1-15H3. The molecule has 1 atom stereocenters. The van der Waals surface area contributed by atoms with Crippen molar-refractivity contribution in [1.82, 2.24) is 0 Å². The van der Waals surface area contributed by atoms with E-state index >= 15 is 0 Å². The highest BCUT2D eigenvalue weighted by Gasteiger charge is 2.42. The Morgan fingerprint density at radius 3 is 0.745 bits per heavy atom. The van der Waals surface area contributed by atoms with E-state index in [1.807, 2.05) is 0 Å². The van der Waals surface area contributed by atoms with Gasteiger partial charge in [0.05, 0.1) is 16.1 Å². The molecule has 0 saturated heterocycles. The van der Waals surface area contributed by atoms with E-state index in [0.717, 1.165) is 49.9 Å². The molecule has 0 N–H and O–H groups in total. The van der Waals surface area contributed by atoms with Crippen LogP contribution in [-0.4, -0.2) is 137 Å². The van der Waals surface area contributed by atoms with Gasteiger partial charge in [-0.2, -0.15) is 0 Å². The van der Waals surface area contributed by atoms with E-state index in [9.17, 15) is 0 Å². The van der Waals surface area contributed by atoms with E-state index in [2.05, 4.69) is 20.0 Å². The summed E-state index contributed by atoms with van der Waals surface area (Å²) in [6.45, 7) is 7.62. The predicted molar refractivity (Wildman–Crippen MR) is 220 cm³/mol. The van der Waals surface area contributed by atoms with E-state index in [-0.39, 0.29) is 0 Å². The molecule has 0 aliphatic rings. The van der Waals surface area contributed by atoms with Crippen LogP contribution in [0.2, 0.25) is 73.5 Å². The van der Waals surface area contributed by atoms with Crippen LogP contribution in [0.1, 0.15) is 51.9 Å². The SMILES string of the molecule is CO[Si](CCC[Si](C)(CCCC(C)CC[Si](C)(CCC[Si](OC)(OC)OC)CCC[Si](OC)(OC)OC)CCC[Si](OC)(OC)OC)(OC)OC. The summed E-state index contributed by atoms with van der Waals surface area (Å²) in [5.41, 5.74) is 0. The highest BCUT2D eigenvalue weighted by molar-refractivity contribution is 6.79. The molecular weight excluding hydrogens is 757 g/mol. The summed E-state index contributed by atoms with van der Waals surface area (Å²) in [5.74, 6) is 0.678. The molecule has 0 radical (unpaired) electrons. The number of hydrogen-bond acceptors (Lipinski definition) is 12. The van der Waals surface area contributed by atoms with Gasteiger partial charge in [-0.15, -0.1) is 0 Å². The summed E-state index contributed by atoms with van der Waals surface area (Å²) in [6, 6.07) is 10.9. The average molecular weight is 838 g/mol. The van der Waals surface area contributed by atoms with Gasteiger partial charge in [-0.25, -0.2) is 0 Å². The van der Waals surface area contributed by atoms with Crippen molar-refractivity contribution in [3.05, 3.63) is 0 Å². The Labute approximate surface area is 320 Å². The molecule has 0 spiro atoms. The van der Waals surface area contributed by atoms with Crippen LogP contribution in [0, 0.1) is 5.92 Å². The minimum Gasteiger partial charge on any atom is -0.377 e. The smallest absolute Gasteiger partial charge is 0.377 e. The summed E-state index contributed by atoms with van der Waals surface area (Å²) < 4.78 is 68.9. The Morgan fingerprint density at radius 2 is 0.510 bits per heavy atom. The molecular formula is C33H80O12Si6. The van der Waals surface area contributed by atoms with Crippen molar-refractivity contribution >= 4 is 51.4 Å². The van der Waals surface area contributed by atoms with Crippen LogP contribution in [0.3, 0.4) is 0 Å². The molecule has 0 saturated carbocycles. The quantitative estimate of drug-likeness (QED) is 0.0577. The van der Waals surface area contributed by atoms with Gasteiger partial charge in [0.2, 0.25) is 0 Å². The van der Waals surface area contributed by atoms with Crippen molar-refractivity contribution in [3.8, 4) is 0 Å². The molecule has 0 aromatic rings. The Kier molecular flexibility index (Phi) is 27.1. The maximum absolute atomic E-state index is 5.74. The molecule has 0 bridgehead atoms. The lowest BCUT2D eigenvalue weighted by molar-refractivity contribution is 0.122. The Morgan fingerprint density at radius 1 is 0.294 bits per heavy atom. The predicted octanol–water partition coefficient (Wildman–Crippen LogP) is 8.02. The van der Waals surface area contributed by atoms with Crippen molar-refractivity contribution in [3.63, 3.8) is 0 Å². The zero-order chi connectivity index (χ0) is 39.1. The molecule has 0 aromatic heterocycles. The first-order chi connectivity index (χ1) is 24.2. The van der Waals surface area contributed by atoms with Crippen LogP contribution in [0.5, 0.6) is 0 Å². The molecule has 0 aromatic carbocycles. The molecule has 12 nitrogen and oxygen atoms in total. The van der Waals surface area contributed by atoms with Gasteiger partial charge in [0, 0.05) is 109 Å². The van der Waals surface area contributed by atoms with Crippen molar-refractivity contribution < 1.29 is 53.1 Å². The van der Waals surface area contributed by atoms with Gasteiger partial charge in [0.15, 0.2) is 0 Å². The van der Waals surface area contributed by atoms with E-state index in [4.69, 9.17) is 53.1 Å². The zero-order valence-electron chi connectivity index (χ0n) is 35.5. The average Bonchev–Trinajstić information content (AvgIpc) is 3.15. The number of rotatable bonds is 35. The summed E-state index contributed by atoms with van der Waals surface area (Å²) in [7, 11) is 6.90. The largest absolute Gasteiger partial charge is 0.500 e.